The summed E-state index contributed by atoms with van der Waals surface area (Å²) < 4.78 is 42.4. The number of nitrogens with one attached hydrogen (secondary N) is 2. The van der Waals surface area contributed by atoms with Crippen LogP contribution in [0.5, 0.6) is 11.5 Å². The number of benzene rings is 2. The van der Waals surface area contributed by atoms with Gasteiger partial charge in [-0.1, -0.05) is 12.1 Å². The van der Waals surface area contributed by atoms with Crippen molar-refractivity contribution in [2.75, 3.05) is 31.0 Å². The summed E-state index contributed by atoms with van der Waals surface area (Å²) in [5.74, 6) is 1.03. The Hall–Kier alpha value is -5.16. The number of nitro groups is 1. The average molecular weight is 665 g/mol. The molecule has 1 atom stereocenters. The minimum absolute atomic E-state index is 0.00859. The highest BCUT2D eigenvalue weighted by Crippen LogP contribution is 2.34. The van der Waals surface area contributed by atoms with Gasteiger partial charge < -0.3 is 24.3 Å². The molecule has 246 valence electrons. The molecule has 1 aliphatic carbocycles. The van der Waals surface area contributed by atoms with Crippen LogP contribution >= 0.6 is 0 Å². The lowest BCUT2D eigenvalue weighted by Crippen LogP contribution is -2.47. The van der Waals surface area contributed by atoms with Crippen LogP contribution in [0.25, 0.3) is 11.0 Å². The Morgan fingerprint density at radius 1 is 1.15 bits per heavy atom. The number of hydrogen-bond acceptors (Lipinski definition) is 12. The number of carbonyl (C=O) groups is 1. The second-order valence-corrected chi connectivity index (χ2v) is 13.1. The van der Waals surface area contributed by atoms with Gasteiger partial charge in [0.1, 0.15) is 5.75 Å². The predicted molar refractivity (Wildman–Crippen MR) is 170 cm³/mol. The van der Waals surface area contributed by atoms with E-state index in [1.54, 1.807) is 18.2 Å². The summed E-state index contributed by atoms with van der Waals surface area (Å²) in [5, 5.41) is 14.4. The number of para-hydroxylation sites is 1. The molecule has 1 fully saturated rings. The molecule has 2 aliphatic rings. The average Bonchev–Trinajstić information content (AvgIpc) is 3.08. The predicted octanol–water partition coefficient (Wildman–Crippen LogP) is 2.48. The Bertz CT molecular complexity index is 2010. The quantitative estimate of drug-likeness (QED) is 0.186. The zero-order valence-corrected chi connectivity index (χ0v) is 26.3. The van der Waals surface area contributed by atoms with E-state index in [2.05, 4.69) is 25.0 Å². The first-order valence-electron chi connectivity index (χ1n) is 14.9. The van der Waals surface area contributed by atoms with E-state index >= 15 is 0 Å². The standard InChI is InChI=1S/C30H32N8O8S/c1-36(30-32-14-25-29(34-30)33-27(39)17-46-25)19-9-7-18(8-10-19)22(35-47(43,44)26-6-4-3-5-23(26)38(41)42)16-37-24-13-20(45-2)11-12-21(24)31-15-28(37)40/h3-6,11-15,18-19,22,35H,7-10,16-17H2,1-2H3,(H,32,33,34,39)/t18-,19-,22?. The molecule has 1 aliphatic heterocycles. The van der Waals surface area contributed by atoms with Crippen LogP contribution in [0.2, 0.25) is 0 Å². The van der Waals surface area contributed by atoms with Crippen LogP contribution in [-0.2, 0) is 21.4 Å². The number of fused-ring (bicyclic) bond motifs is 2. The fourth-order valence-electron chi connectivity index (χ4n) is 6.13. The molecule has 6 rings (SSSR count). The number of carbonyl (C=O) groups excluding carboxylic acids is 1. The number of aromatic nitrogens is 4. The van der Waals surface area contributed by atoms with Crippen molar-refractivity contribution >= 4 is 44.4 Å². The van der Waals surface area contributed by atoms with E-state index in [1.807, 2.05) is 11.9 Å². The van der Waals surface area contributed by atoms with Gasteiger partial charge in [-0.05, 0) is 49.8 Å². The first-order valence-corrected chi connectivity index (χ1v) is 16.3. The van der Waals surface area contributed by atoms with E-state index in [-0.39, 0.29) is 31.0 Å². The third kappa shape index (κ3) is 6.57. The Morgan fingerprint density at radius 2 is 1.91 bits per heavy atom. The van der Waals surface area contributed by atoms with E-state index in [0.29, 0.717) is 60.0 Å². The normalized spacial score (nSPS) is 18.5. The van der Waals surface area contributed by atoms with Crippen LogP contribution < -0.4 is 30.0 Å². The van der Waals surface area contributed by atoms with Crippen LogP contribution in [0.1, 0.15) is 25.7 Å². The number of nitrogens with zero attached hydrogens (tertiary/aromatic N) is 6. The Labute approximate surface area is 269 Å². The van der Waals surface area contributed by atoms with E-state index in [9.17, 15) is 28.1 Å². The molecular weight excluding hydrogens is 632 g/mol. The Kier molecular flexibility index (Phi) is 8.74. The summed E-state index contributed by atoms with van der Waals surface area (Å²) in [5.41, 5.74) is -0.00913. The number of amides is 1. The molecule has 2 N–H and O–H groups in total. The third-order valence-electron chi connectivity index (χ3n) is 8.62. The minimum atomic E-state index is -4.39. The number of ether oxygens (including phenoxy) is 2. The monoisotopic (exact) mass is 664 g/mol. The molecule has 3 heterocycles. The van der Waals surface area contributed by atoms with Gasteiger partial charge in [-0.2, -0.15) is 4.98 Å². The number of rotatable bonds is 10. The maximum Gasteiger partial charge on any atom is 0.289 e. The van der Waals surface area contributed by atoms with E-state index in [0.717, 1.165) is 6.07 Å². The highest BCUT2D eigenvalue weighted by Gasteiger charge is 2.35. The van der Waals surface area contributed by atoms with Gasteiger partial charge in [0, 0.05) is 37.8 Å². The lowest BCUT2D eigenvalue weighted by atomic mass is 9.81. The summed E-state index contributed by atoms with van der Waals surface area (Å²) in [7, 11) is -1.05. The molecule has 17 heteroatoms. The molecule has 0 radical (unpaired) electrons. The van der Waals surface area contributed by atoms with Crippen molar-refractivity contribution in [1.29, 1.82) is 0 Å². The van der Waals surface area contributed by atoms with Crippen molar-refractivity contribution in [2.24, 2.45) is 5.92 Å². The first kappa shape index (κ1) is 31.8. The maximum atomic E-state index is 13.7. The summed E-state index contributed by atoms with van der Waals surface area (Å²) in [6, 6.07) is 9.41. The fraction of sp³-hybridized carbons (Fsp3) is 0.367. The number of anilines is 2. The number of sulfonamides is 1. The summed E-state index contributed by atoms with van der Waals surface area (Å²) in [6.45, 7) is -0.156. The summed E-state index contributed by atoms with van der Waals surface area (Å²) in [6.07, 6.45) is 5.08. The number of hydrogen-bond donors (Lipinski definition) is 2. The van der Waals surface area contributed by atoms with E-state index in [1.165, 1.54) is 42.3 Å². The molecule has 0 bridgehead atoms. The van der Waals surface area contributed by atoms with Crippen LogP contribution in [0.4, 0.5) is 17.5 Å². The molecule has 1 amide bonds. The van der Waals surface area contributed by atoms with Gasteiger partial charge in [0.15, 0.2) is 23.1 Å². The second-order valence-electron chi connectivity index (χ2n) is 11.4. The second kappa shape index (κ2) is 12.9. The zero-order valence-electron chi connectivity index (χ0n) is 25.5. The van der Waals surface area contributed by atoms with Crippen LogP contribution in [-0.4, -0.2) is 71.6 Å². The highest BCUT2D eigenvalue weighted by atomic mass is 32.2. The summed E-state index contributed by atoms with van der Waals surface area (Å²) >= 11 is 0. The first-order chi connectivity index (χ1) is 22.5. The Morgan fingerprint density at radius 3 is 2.66 bits per heavy atom. The van der Waals surface area contributed by atoms with E-state index < -0.39 is 37.1 Å². The third-order valence-corrected chi connectivity index (χ3v) is 10.2. The minimum Gasteiger partial charge on any atom is -0.497 e. The molecule has 16 nitrogen and oxygen atoms in total. The van der Waals surface area contributed by atoms with Gasteiger partial charge in [-0.3, -0.25) is 19.7 Å². The lowest BCUT2D eigenvalue weighted by molar-refractivity contribution is -0.387. The molecule has 2 aromatic heterocycles. The van der Waals surface area contributed by atoms with E-state index in [4.69, 9.17) is 9.47 Å². The smallest absolute Gasteiger partial charge is 0.289 e. The molecule has 4 aromatic rings. The van der Waals surface area contributed by atoms with Gasteiger partial charge in [0.2, 0.25) is 16.0 Å². The topological polar surface area (TPSA) is 201 Å². The van der Waals surface area contributed by atoms with Gasteiger partial charge in [-0.25, -0.2) is 23.1 Å². The van der Waals surface area contributed by atoms with Gasteiger partial charge in [-0.15, -0.1) is 0 Å². The van der Waals surface area contributed by atoms with Crippen LogP contribution in [0, 0.1) is 16.0 Å². The van der Waals surface area contributed by atoms with Crippen molar-refractivity contribution in [3.8, 4) is 11.5 Å². The lowest BCUT2D eigenvalue weighted by Gasteiger charge is -2.38. The van der Waals surface area contributed by atoms with Crippen molar-refractivity contribution in [1.82, 2.24) is 24.2 Å². The van der Waals surface area contributed by atoms with Crippen molar-refractivity contribution in [3.63, 3.8) is 0 Å². The maximum absolute atomic E-state index is 13.7. The number of methoxy groups -OCH3 is 1. The SMILES string of the molecule is COc1ccc2ncc(=O)n(CC(NS(=O)(=O)c3ccccc3[N+](=O)[O-])[C@H]3CC[C@H](N(C)c4ncc5c(n4)NC(=O)CO5)CC3)c2c1. The van der Waals surface area contributed by atoms with Crippen molar-refractivity contribution in [3.05, 3.63) is 75.3 Å². The largest absolute Gasteiger partial charge is 0.497 e. The Balaban J connectivity index is 1.29. The van der Waals surface area contributed by atoms with Gasteiger partial charge in [0.05, 0.1) is 35.5 Å². The molecule has 1 saturated carbocycles. The molecule has 0 saturated heterocycles. The molecule has 0 spiro atoms. The van der Waals surface area contributed by atoms with Gasteiger partial charge >= 0.3 is 0 Å². The van der Waals surface area contributed by atoms with Crippen LogP contribution in [0.15, 0.2) is 64.5 Å². The molecule has 2 aromatic carbocycles. The summed E-state index contributed by atoms with van der Waals surface area (Å²) in [4.78, 5) is 50.5. The van der Waals surface area contributed by atoms with Gasteiger partial charge in [0.25, 0.3) is 17.2 Å². The highest BCUT2D eigenvalue weighted by molar-refractivity contribution is 7.89. The van der Waals surface area contributed by atoms with Crippen LogP contribution in [0.3, 0.4) is 0 Å². The number of nitro benzene ring substituents is 1. The zero-order chi connectivity index (χ0) is 33.3. The molecular formula is C30H32N8O8S. The molecule has 1 unspecified atom stereocenters. The fourth-order valence-corrected chi connectivity index (χ4v) is 7.60. The molecule has 47 heavy (non-hydrogen) atoms. The van der Waals surface area contributed by atoms with Crippen molar-refractivity contribution in [2.45, 2.75) is 49.2 Å². The van der Waals surface area contributed by atoms with Crippen molar-refractivity contribution < 1.29 is 27.6 Å².